The predicted molar refractivity (Wildman–Crippen MR) is 116 cm³/mol. The van der Waals surface area contributed by atoms with E-state index in [4.69, 9.17) is 18.9 Å². The van der Waals surface area contributed by atoms with Crippen LogP contribution >= 0.6 is 0 Å². The van der Waals surface area contributed by atoms with Gasteiger partial charge in [0.15, 0.2) is 11.5 Å². The van der Waals surface area contributed by atoms with E-state index >= 15 is 0 Å². The van der Waals surface area contributed by atoms with Crippen LogP contribution in [0.25, 0.3) is 6.08 Å². The van der Waals surface area contributed by atoms with Crippen molar-refractivity contribution < 1.29 is 32.2 Å². The van der Waals surface area contributed by atoms with Crippen molar-refractivity contribution in [2.24, 2.45) is 0 Å². The summed E-state index contributed by atoms with van der Waals surface area (Å²) in [5.41, 5.74) is 1.44. The van der Waals surface area contributed by atoms with Gasteiger partial charge in [-0.05, 0) is 41.5 Å². The van der Waals surface area contributed by atoms with Crippen molar-refractivity contribution in [3.05, 3.63) is 53.6 Å². The van der Waals surface area contributed by atoms with Crippen molar-refractivity contribution in [1.29, 1.82) is 0 Å². The minimum atomic E-state index is -3.75. The third kappa shape index (κ3) is 4.87. The number of fused-ring (bicyclic) bond motifs is 1. The van der Waals surface area contributed by atoms with Gasteiger partial charge < -0.3 is 24.3 Å². The Hall–Kier alpha value is -3.08. The number of carbonyl (C=O) groups excluding carboxylic acids is 1. The van der Waals surface area contributed by atoms with Crippen LogP contribution in [0.1, 0.15) is 11.1 Å². The van der Waals surface area contributed by atoms with Gasteiger partial charge in [-0.1, -0.05) is 12.1 Å². The van der Waals surface area contributed by atoms with Crippen LogP contribution < -0.4 is 19.5 Å². The molecule has 0 aliphatic carbocycles. The fourth-order valence-electron chi connectivity index (χ4n) is 3.40. The first kappa shape index (κ1) is 22.1. The Bertz CT molecular complexity index is 1130. The lowest BCUT2D eigenvalue weighted by Gasteiger charge is -2.26. The van der Waals surface area contributed by atoms with Gasteiger partial charge in [-0.25, -0.2) is 8.42 Å². The van der Waals surface area contributed by atoms with Crippen LogP contribution in [0.5, 0.6) is 17.2 Å². The highest BCUT2D eigenvalue weighted by molar-refractivity contribution is 7.89. The second-order valence-corrected chi connectivity index (χ2v) is 9.07. The number of methoxy groups -OCH3 is 1. The summed E-state index contributed by atoms with van der Waals surface area (Å²) in [5, 5.41) is 2.79. The van der Waals surface area contributed by atoms with Crippen molar-refractivity contribution in [3.8, 4) is 17.2 Å². The molecular formula is C22H24N2O7S. The molecule has 1 amide bonds. The molecule has 0 bridgehead atoms. The second-order valence-electron chi connectivity index (χ2n) is 7.17. The molecule has 170 valence electrons. The Morgan fingerprint density at radius 1 is 1.12 bits per heavy atom. The zero-order valence-corrected chi connectivity index (χ0v) is 18.4. The molecule has 2 aromatic rings. The van der Waals surface area contributed by atoms with Gasteiger partial charge in [-0.2, -0.15) is 4.31 Å². The number of hydrogen-bond donors (Lipinski definition) is 1. The van der Waals surface area contributed by atoms with Gasteiger partial charge >= 0.3 is 0 Å². The fraction of sp³-hybridized carbons (Fsp3) is 0.318. The maximum Gasteiger partial charge on any atom is 0.246 e. The van der Waals surface area contributed by atoms with Crippen LogP contribution in [-0.4, -0.2) is 58.8 Å². The average molecular weight is 461 g/mol. The van der Waals surface area contributed by atoms with E-state index < -0.39 is 10.0 Å². The first-order valence-corrected chi connectivity index (χ1v) is 11.5. The molecule has 0 aromatic heterocycles. The van der Waals surface area contributed by atoms with Gasteiger partial charge in [-0.3, -0.25) is 4.79 Å². The van der Waals surface area contributed by atoms with Crippen LogP contribution in [0, 0.1) is 0 Å². The molecule has 1 fully saturated rings. The molecule has 9 nitrogen and oxygen atoms in total. The molecule has 1 N–H and O–H groups in total. The Morgan fingerprint density at radius 2 is 1.91 bits per heavy atom. The summed E-state index contributed by atoms with van der Waals surface area (Å²) in [4.78, 5) is 12.3. The maximum absolute atomic E-state index is 13.1. The zero-order valence-electron chi connectivity index (χ0n) is 17.6. The summed E-state index contributed by atoms with van der Waals surface area (Å²) in [6.45, 7) is 1.79. The molecular weight excluding hydrogens is 436 g/mol. The average Bonchev–Trinajstić information content (AvgIpc) is 3.29. The predicted octanol–water partition coefficient (Wildman–Crippen LogP) is 1.77. The van der Waals surface area contributed by atoms with E-state index in [1.807, 2.05) is 12.1 Å². The number of benzene rings is 2. The van der Waals surface area contributed by atoms with E-state index in [0.717, 1.165) is 5.56 Å². The smallest absolute Gasteiger partial charge is 0.246 e. The summed E-state index contributed by atoms with van der Waals surface area (Å²) in [6, 6.07) is 10.2. The normalized spacial score (nSPS) is 16.3. The van der Waals surface area contributed by atoms with Crippen LogP contribution in [0.3, 0.4) is 0 Å². The van der Waals surface area contributed by atoms with Crippen molar-refractivity contribution in [2.45, 2.75) is 11.4 Å². The van der Waals surface area contributed by atoms with E-state index in [9.17, 15) is 13.2 Å². The molecule has 0 unspecified atom stereocenters. The zero-order chi connectivity index (χ0) is 22.6. The molecule has 0 saturated carbocycles. The molecule has 0 atom stereocenters. The summed E-state index contributed by atoms with van der Waals surface area (Å²) >= 11 is 0. The highest BCUT2D eigenvalue weighted by Gasteiger charge is 2.29. The van der Waals surface area contributed by atoms with Crippen LogP contribution in [0.2, 0.25) is 0 Å². The molecule has 0 radical (unpaired) electrons. The Balaban J connectivity index is 1.44. The third-order valence-corrected chi connectivity index (χ3v) is 7.03. The lowest BCUT2D eigenvalue weighted by atomic mass is 10.2. The largest absolute Gasteiger partial charge is 0.495 e. The van der Waals surface area contributed by atoms with Crippen molar-refractivity contribution in [3.63, 3.8) is 0 Å². The molecule has 2 aromatic carbocycles. The summed E-state index contributed by atoms with van der Waals surface area (Å²) < 4.78 is 48.6. The van der Waals surface area contributed by atoms with E-state index in [1.54, 1.807) is 24.3 Å². The number of nitrogens with zero attached hydrogens (tertiary/aromatic N) is 1. The van der Waals surface area contributed by atoms with Crippen LogP contribution in [0.4, 0.5) is 0 Å². The van der Waals surface area contributed by atoms with E-state index in [2.05, 4.69) is 5.32 Å². The quantitative estimate of drug-likeness (QED) is 0.628. The molecule has 32 heavy (non-hydrogen) atoms. The minimum Gasteiger partial charge on any atom is -0.495 e. The first-order valence-electron chi connectivity index (χ1n) is 10.1. The number of sulfonamides is 1. The van der Waals surface area contributed by atoms with Gasteiger partial charge in [0.2, 0.25) is 22.7 Å². The highest BCUT2D eigenvalue weighted by Crippen LogP contribution is 2.32. The minimum absolute atomic E-state index is 0.0600. The summed E-state index contributed by atoms with van der Waals surface area (Å²) in [5.74, 6) is 1.28. The number of ether oxygens (including phenoxy) is 4. The molecule has 2 heterocycles. The maximum atomic E-state index is 13.1. The lowest BCUT2D eigenvalue weighted by Crippen LogP contribution is -2.40. The van der Waals surface area contributed by atoms with Crippen molar-refractivity contribution >= 4 is 22.0 Å². The number of rotatable bonds is 7. The second kappa shape index (κ2) is 9.60. The van der Waals surface area contributed by atoms with Gasteiger partial charge in [-0.15, -0.1) is 0 Å². The number of hydrogen-bond acceptors (Lipinski definition) is 7. The monoisotopic (exact) mass is 460 g/mol. The molecule has 10 heteroatoms. The number of amides is 1. The van der Waals surface area contributed by atoms with Gasteiger partial charge in [0.05, 0.1) is 20.3 Å². The molecule has 2 aliphatic rings. The molecule has 4 rings (SSSR count). The van der Waals surface area contributed by atoms with Crippen LogP contribution in [-0.2, 0) is 26.1 Å². The Kier molecular flexibility index (Phi) is 6.63. The Labute approximate surface area is 186 Å². The third-order valence-electron chi connectivity index (χ3n) is 5.11. The van der Waals surface area contributed by atoms with Gasteiger partial charge in [0, 0.05) is 25.7 Å². The topological polar surface area (TPSA) is 103 Å². The van der Waals surface area contributed by atoms with Gasteiger partial charge in [0.1, 0.15) is 10.6 Å². The number of carbonyl (C=O) groups is 1. The highest BCUT2D eigenvalue weighted by atomic mass is 32.2. The molecule has 1 saturated heterocycles. The number of morpholine rings is 1. The SMILES string of the molecule is COc1ccc(C=CC(=O)NCc2ccc3c(c2)OCO3)cc1S(=O)(=O)N1CCOCC1. The lowest BCUT2D eigenvalue weighted by molar-refractivity contribution is -0.116. The standard InChI is InChI=1S/C22H24N2O7S/c1-28-19-6-2-16(13-21(19)32(26,27)24-8-10-29-11-9-24)4-7-22(25)23-14-17-3-5-18-20(12-17)31-15-30-18/h2-7,12-13H,8-11,14-15H2,1H3,(H,23,25). The molecule has 0 spiro atoms. The van der Waals surface area contributed by atoms with Crippen LogP contribution in [0.15, 0.2) is 47.4 Å². The summed E-state index contributed by atoms with van der Waals surface area (Å²) in [6.07, 6.45) is 2.92. The Morgan fingerprint density at radius 3 is 2.69 bits per heavy atom. The van der Waals surface area contributed by atoms with E-state index in [1.165, 1.54) is 23.6 Å². The number of nitrogens with one attached hydrogen (secondary N) is 1. The van der Waals surface area contributed by atoms with Gasteiger partial charge in [0.25, 0.3) is 0 Å². The van der Waals surface area contributed by atoms with Crippen molar-refractivity contribution in [2.75, 3.05) is 40.2 Å². The fourth-order valence-corrected chi connectivity index (χ4v) is 4.99. The van der Waals surface area contributed by atoms with E-state index in [-0.39, 0.29) is 36.4 Å². The summed E-state index contributed by atoms with van der Waals surface area (Å²) in [7, 11) is -2.32. The van der Waals surface area contributed by atoms with E-state index in [0.29, 0.717) is 36.8 Å². The molecule has 2 aliphatic heterocycles. The van der Waals surface area contributed by atoms with Crippen molar-refractivity contribution in [1.82, 2.24) is 9.62 Å². The first-order chi connectivity index (χ1) is 15.5.